The molecule has 0 aromatic heterocycles. The lowest BCUT2D eigenvalue weighted by molar-refractivity contribution is -0.222. The molecule has 3 saturated carbocycles. The van der Waals surface area contributed by atoms with Crippen LogP contribution in [0.25, 0.3) is 0 Å². The van der Waals surface area contributed by atoms with Gasteiger partial charge in [-0.05, 0) is 55.6 Å². The fourth-order valence-corrected chi connectivity index (χ4v) is 7.26. The second kappa shape index (κ2) is 6.08. The summed E-state index contributed by atoms with van der Waals surface area (Å²) in [4.78, 5) is 35.7. The summed E-state index contributed by atoms with van der Waals surface area (Å²) in [5.74, 6) is -5.28. The summed E-state index contributed by atoms with van der Waals surface area (Å²) in [5.41, 5.74) is -3.94. The van der Waals surface area contributed by atoms with Crippen LogP contribution in [0.15, 0.2) is 23.8 Å². The molecular formula is C22H27FO6. The number of ketones is 2. The van der Waals surface area contributed by atoms with E-state index in [-0.39, 0.29) is 24.5 Å². The maximum absolute atomic E-state index is 16.9. The highest BCUT2D eigenvalue weighted by Gasteiger charge is 2.73. The standard InChI is InChI=1S/C22H27FO6/c1-10-6-13-17-14(25)8-11-7-12(24)4-5-21(11,3)22(17,23)15(26)9-20(13,2)16(10)18(27)19(28)29/h4-5,7,10,13-17,25-26H,6,8-9H2,1-3H3,(H,28,29)/t10-,13-,14+,15-,16+,17+,20-,21-,22+/m0/s1. The molecule has 9 atom stereocenters. The van der Waals surface area contributed by atoms with Crippen LogP contribution in [0, 0.1) is 34.5 Å². The fourth-order valence-electron chi connectivity index (χ4n) is 7.26. The first-order valence-electron chi connectivity index (χ1n) is 10.1. The number of fused-ring (bicyclic) bond motifs is 5. The number of aliphatic carboxylic acids is 1. The molecule has 0 bridgehead atoms. The van der Waals surface area contributed by atoms with Crippen LogP contribution < -0.4 is 0 Å². The van der Waals surface area contributed by atoms with Crippen LogP contribution in [0.4, 0.5) is 4.39 Å². The molecule has 158 valence electrons. The van der Waals surface area contributed by atoms with E-state index < -0.39 is 58.2 Å². The quantitative estimate of drug-likeness (QED) is 0.604. The second-order valence-electron chi connectivity index (χ2n) is 9.87. The zero-order valence-electron chi connectivity index (χ0n) is 16.8. The molecule has 29 heavy (non-hydrogen) atoms. The molecule has 3 fully saturated rings. The molecule has 0 aromatic rings. The zero-order chi connectivity index (χ0) is 21.5. The summed E-state index contributed by atoms with van der Waals surface area (Å²) < 4.78 is 16.9. The first-order valence-corrected chi connectivity index (χ1v) is 10.1. The number of aliphatic hydroxyl groups is 2. The Hall–Kier alpha value is -1.86. The molecular weight excluding hydrogens is 379 g/mol. The van der Waals surface area contributed by atoms with Crippen LogP contribution in [0.2, 0.25) is 0 Å². The van der Waals surface area contributed by atoms with Crippen molar-refractivity contribution in [2.75, 3.05) is 0 Å². The summed E-state index contributed by atoms with van der Waals surface area (Å²) in [6.07, 6.45) is 1.92. The number of alkyl halides is 1. The van der Waals surface area contributed by atoms with Gasteiger partial charge in [-0.2, -0.15) is 0 Å². The Bertz CT molecular complexity index is 863. The summed E-state index contributed by atoms with van der Waals surface area (Å²) in [6, 6.07) is 0. The Labute approximate surface area is 168 Å². The predicted octanol–water partition coefficient (Wildman–Crippen LogP) is 1.84. The lowest BCUT2D eigenvalue weighted by Gasteiger charge is -2.63. The Morgan fingerprint density at radius 1 is 1.24 bits per heavy atom. The molecule has 6 nitrogen and oxygen atoms in total. The van der Waals surface area contributed by atoms with Gasteiger partial charge in [-0.25, -0.2) is 9.18 Å². The predicted molar refractivity (Wildman–Crippen MR) is 100 cm³/mol. The van der Waals surface area contributed by atoms with E-state index in [1.54, 1.807) is 20.8 Å². The SMILES string of the molecule is C[C@H]1C[C@H]2[C@@H]3[C@H](O)CC4=CC(=O)C=C[C@]4(C)[C@@]3(F)[C@@H](O)C[C@]2(C)[C@H]1C(=O)C(=O)O. The molecule has 4 aliphatic rings. The van der Waals surface area contributed by atoms with Gasteiger partial charge in [0.15, 0.2) is 11.5 Å². The Balaban J connectivity index is 1.85. The van der Waals surface area contributed by atoms with Gasteiger partial charge in [0.1, 0.15) is 0 Å². The normalized spacial score (nSPS) is 51.0. The third kappa shape index (κ3) is 2.37. The first kappa shape index (κ1) is 20.4. The number of Topliss-reactive ketones (excluding diaryl/α,β-unsaturated/α-hetero) is 1. The van der Waals surface area contributed by atoms with Gasteiger partial charge >= 0.3 is 5.97 Å². The number of halogens is 1. The number of carbonyl (C=O) groups is 3. The molecule has 0 aromatic carbocycles. The molecule has 0 radical (unpaired) electrons. The minimum atomic E-state index is -2.22. The smallest absolute Gasteiger partial charge is 0.372 e. The summed E-state index contributed by atoms with van der Waals surface area (Å²) in [5, 5.41) is 31.4. The third-order valence-corrected chi connectivity index (χ3v) is 8.49. The molecule has 7 heteroatoms. The molecule has 0 heterocycles. The van der Waals surface area contributed by atoms with Crippen LogP contribution in [-0.2, 0) is 14.4 Å². The van der Waals surface area contributed by atoms with E-state index in [1.165, 1.54) is 18.2 Å². The van der Waals surface area contributed by atoms with E-state index in [0.29, 0.717) is 12.0 Å². The second-order valence-corrected chi connectivity index (χ2v) is 9.87. The maximum atomic E-state index is 16.9. The Morgan fingerprint density at radius 3 is 2.52 bits per heavy atom. The average Bonchev–Trinajstić information content (AvgIpc) is 2.86. The van der Waals surface area contributed by atoms with Crippen molar-refractivity contribution in [1.82, 2.24) is 0 Å². The summed E-state index contributed by atoms with van der Waals surface area (Å²) in [7, 11) is 0. The molecule has 0 spiro atoms. The molecule has 0 aliphatic heterocycles. The van der Waals surface area contributed by atoms with E-state index in [4.69, 9.17) is 0 Å². The highest BCUT2D eigenvalue weighted by molar-refractivity contribution is 6.33. The number of carbonyl (C=O) groups excluding carboxylic acids is 2. The Morgan fingerprint density at radius 2 is 1.90 bits per heavy atom. The van der Waals surface area contributed by atoms with Crippen LogP contribution in [0.3, 0.4) is 0 Å². The van der Waals surface area contributed by atoms with Crippen LogP contribution in [0.5, 0.6) is 0 Å². The van der Waals surface area contributed by atoms with Crippen molar-refractivity contribution >= 4 is 17.5 Å². The number of aliphatic hydroxyl groups excluding tert-OH is 2. The van der Waals surface area contributed by atoms with Crippen LogP contribution in [0.1, 0.15) is 40.0 Å². The monoisotopic (exact) mass is 406 g/mol. The van der Waals surface area contributed by atoms with Crippen molar-refractivity contribution in [2.45, 2.75) is 57.9 Å². The molecule has 0 unspecified atom stereocenters. The van der Waals surface area contributed by atoms with E-state index >= 15 is 4.39 Å². The van der Waals surface area contributed by atoms with Crippen molar-refractivity contribution in [3.8, 4) is 0 Å². The molecule has 3 N–H and O–H groups in total. The lowest BCUT2D eigenvalue weighted by Crippen LogP contribution is -2.70. The van der Waals surface area contributed by atoms with Gasteiger partial charge in [0.05, 0.1) is 12.2 Å². The topological polar surface area (TPSA) is 112 Å². The van der Waals surface area contributed by atoms with Crippen LogP contribution in [-0.4, -0.2) is 50.7 Å². The lowest BCUT2D eigenvalue weighted by atomic mass is 9.44. The molecule has 0 saturated heterocycles. The third-order valence-electron chi connectivity index (χ3n) is 8.49. The fraction of sp³-hybridized carbons (Fsp3) is 0.682. The molecule has 0 amide bonds. The van der Waals surface area contributed by atoms with Crippen LogP contribution >= 0.6 is 0 Å². The van der Waals surface area contributed by atoms with Gasteiger partial charge in [0.2, 0.25) is 5.78 Å². The minimum absolute atomic E-state index is 0.0733. The molecule has 4 aliphatic carbocycles. The number of hydrogen-bond acceptors (Lipinski definition) is 5. The number of carboxylic acid groups (broad SMARTS) is 1. The van der Waals surface area contributed by atoms with Gasteiger partial charge in [0, 0.05) is 17.3 Å². The van der Waals surface area contributed by atoms with Crippen molar-refractivity contribution in [2.24, 2.45) is 34.5 Å². The summed E-state index contributed by atoms with van der Waals surface area (Å²) >= 11 is 0. The number of hydrogen-bond donors (Lipinski definition) is 3. The number of carboxylic acids is 1. The van der Waals surface area contributed by atoms with Gasteiger partial charge in [-0.3, -0.25) is 9.59 Å². The Kier molecular flexibility index (Phi) is 4.28. The van der Waals surface area contributed by atoms with Crippen molar-refractivity contribution in [1.29, 1.82) is 0 Å². The zero-order valence-corrected chi connectivity index (χ0v) is 16.8. The first-order chi connectivity index (χ1) is 13.4. The molecule has 4 rings (SSSR count). The van der Waals surface area contributed by atoms with E-state index in [9.17, 15) is 29.7 Å². The van der Waals surface area contributed by atoms with E-state index in [1.807, 2.05) is 0 Å². The highest BCUT2D eigenvalue weighted by Crippen LogP contribution is 2.69. The highest BCUT2D eigenvalue weighted by atomic mass is 19.1. The van der Waals surface area contributed by atoms with E-state index in [2.05, 4.69) is 0 Å². The van der Waals surface area contributed by atoms with Crippen molar-refractivity contribution in [3.05, 3.63) is 23.8 Å². The van der Waals surface area contributed by atoms with Gasteiger partial charge in [0.25, 0.3) is 0 Å². The van der Waals surface area contributed by atoms with Crippen molar-refractivity contribution < 1.29 is 34.1 Å². The average molecular weight is 406 g/mol. The van der Waals surface area contributed by atoms with Gasteiger partial charge < -0.3 is 15.3 Å². The van der Waals surface area contributed by atoms with Gasteiger partial charge in [-0.15, -0.1) is 0 Å². The summed E-state index contributed by atoms with van der Waals surface area (Å²) in [6.45, 7) is 5.17. The van der Waals surface area contributed by atoms with E-state index in [0.717, 1.165) is 0 Å². The maximum Gasteiger partial charge on any atom is 0.372 e. The minimum Gasteiger partial charge on any atom is -0.475 e. The largest absolute Gasteiger partial charge is 0.475 e. The van der Waals surface area contributed by atoms with Gasteiger partial charge in [-0.1, -0.05) is 25.5 Å². The van der Waals surface area contributed by atoms with Crippen molar-refractivity contribution in [3.63, 3.8) is 0 Å². The number of rotatable bonds is 2. The number of allylic oxidation sites excluding steroid dienone is 3.